The summed E-state index contributed by atoms with van der Waals surface area (Å²) >= 11 is 0. The summed E-state index contributed by atoms with van der Waals surface area (Å²) in [5.41, 5.74) is -0.212. The number of aliphatic hydroxyl groups excluding tert-OH is 1. The van der Waals surface area contributed by atoms with Gasteiger partial charge < -0.3 is 5.11 Å². The monoisotopic (exact) mass is 238 g/mol. The van der Waals surface area contributed by atoms with E-state index >= 15 is 0 Å². The largest absolute Gasteiger partial charge is 0.395 e. The predicted octanol–water partition coefficient (Wildman–Crippen LogP) is 2.41. The van der Waals surface area contributed by atoms with Crippen LogP contribution in [0.2, 0.25) is 0 Å². The van der Waals surface area contributed by atoms with Gasteiger partial charge in [-0.05, 0) is 58.5 Å². The van der Waals surface area contributed by atoms with E-state index in [1.165, 1.54) is 12.8 Å². The first-order valence-corrected chi connectivity index (χ1v) is 6.76. The van der Waals surface area contributed by atoms with Gasteiger partial charge in [0.2, 0.25) is 0 Å². The first-order valence-electron chi connectivity index (χ1n) is 6.76. The Kier molecular flexibility index (Phi) is 5.42. The molecule has 0 aliphatic carbocycles. The second-order valence-corrected chi connectivity index (χ2v) is 6.00. The number of rotatable bonds is 5. The second-order valence-electron chi connectivity index (χ2n) is 6.00. The van der Waals surface area contributed by atoms with E-state index < -0.39 is 0 Å². The van der Waals surface area contributed by atoms with Crippen molar-refractivity contribution >= 4 is 0 Å². The fraction of sp³-hybridized carbons (Fsp3) is 0.929. The van der Waals surface area contributed by atoms with Crippen LogP contribution in [0.3, 0.4) is 0 Å². The molecule has 0 bridgehead atoms. The Labute approximate surface area is 105 Å². The van der Waals surface area contributed by atoms with Crippen LogP contribution in [0.4, 0.5) is 0 Å². The maximum Gasteiger partial charge on any atom is 0.0683 e. The van der Waals surface area contributed by atoms with E-state index in [0.717, 1.165) is 25.9 Å². The summed E-state index contributed by atoms with van der Waals surface area (Å²) < 4.78 is 0. The molecule has 0 radical (unpaired) electrons. The molecule has 0 aromatic rings. The lowest BCUT2D eigenvalue weighted by molar-refractivity contribution is 0.0506. The van der Waals surface area contributed by atoms with Crippen molar-refractivity contribution in [2.45, 2.75) is 52.5 Å². The highest BCUT2D eigenvalue weighted by molar-refractivity contribution is 4.91. The predicted molar refractivity (Wildman–Crippen MR) is 69.5 cm³/mol. The first kappa shape index (κ1) is 14.5. The Hall–Kier alpha value is -0.590. The molecule has 0 amide bonds. The van der Waals surface area contributed by atoms with Gasteiger partial charge in [0, 0.05) is 6.04 Å². The Morgan fingerprint density at radius 3 is 2.76 bits per heavy atom. The summed E-state index contributed by atoms with van der Waals surface area (Å²) in [7, 11) is 0. The number of hydrogen-bond acceptors (Lipinski definition) is 3. The highest BCUT2D eigenvalue weighted by atomic mass is 16.3. The number of likely N-dealkylation sites (tertiary alicyclic amines) is 1. The molecule has 1 rings (SSSR count). The highest BCUT2D eigenvalue weighted by Crippen LogP contribution is 2.25. The summed E-state index contributed by atoms with van der Waals surface area (Å²) in [6, 6.07) is 2.67. The molecule has 1 N–H and O–H groups in total. The minimum absolute atomic E-state index is 0.212. The Morgan fingerprint density at radius 2 is 2.18 bits per heavy atom. The van der Waals surface area contributed by atoms with Gasteiger partial charge in [0.25, 0.3) is 0 Å². The van der Waals surface area contributed by atoms with Crippen LogP contribution in [0, 0.1) is 22.7 Å². The normalized spacial score (nSPS) is 26.8. The van der Waals surface area contributed by atoms with Crippen molar-refractivity contribution in [1.82, 2.24) is 4.90 Å². The van der Waals surface area contributed by atoms with Crippen LogP contribution in [0.1, 0.15) is 46.5 Å². The molecular weight excluding hydrogens is 212 g/mol. The van der Waals surface area contributed by atoms with Gasteiger partial charge in [-0.25, -0.2) is 0 Å². The van der Waals surface area contributed by atoms with E-state index in [9.17, 15) is 5.11 Å². The van der Waals surface area contributed by atoms with Crippen LogP contribution in [-0.2, 0) is 0 Å². The number of nitrogens with zero attached hydrogens (tertiary/aromatic N) is 2. The zero-order valence-corrected chi connectivity index (χ0v) is 11.4. The summed E-state index contributed by atoms with van der Waals surface area (Å²) in [6.07, 6.45) is 4.45. The van der Waals surface area contributed by atoms with Crippen LogP contribution in [0.5, 0.6) is 0 Å². The van der Waals surface area contributed by atoms with E-state index in [4.69, 9.17) is 5.26 Å². The quantitative estimate of drug-likeness (QED) is 0.800. The Morgan fingerprint density at radius 1 is 1.47 bits per heavy atom. The van der Waals surface area contributed by atoms with E-state index in [1.54, 1.807) is 0 Å². The van der Waals surface area contributed by atoms with Gasteiger partial charge in [0.15, 0.2) is 0 Å². The van der Waals surface area contributed by atoms with Crippen molar-refractivity contribution in [3.8, 4) is 6.07 Å². The molecule has 0 aromatic carbocycles. The lowest BCUT2D eigenvalue weighted by Gasteiger charge is -2.39. The molecule has 1 aliphatic rings. The summed E-state index contributed by atoms with van der Waals surface area (Å²) in [4.78, 5) is 2.40. The molecule has 0 spiro atoms. The SMILES string of the molecule is CC1CCCN(CCCC(C)(C)C#N)C1CO. The Balaban J connectivity index is 2.37. The molecule has 98 valence electrons. The molecule has 1 heterocycles. The average Bonchev–Trinajstić information content (AvgIpc) is 2.29. The summed E-state index contributed by atoms with van der Waals surface area (Å²) in [6.45, 7) is 8.60. The lowest BCUT2D eigenvalue weighted by Crippen LogP contribution is -2.47. The molecular formula is C14H26N2O. The van der Waals surface area contributed by atoms with E-state index in [-0.39, 0.29) is 12.0 Å². The minimum atomic E-state index is -0.212. The van der Waals surface area contributed by atoms with Crippen molar-refractivity contribution in [3.63, 3.8) is 0 Å². The highest BCUT2D eigenvalue weighted by Gasteiger charge is 2.27. The molecule has 0 aromatic heterocycles. The van der Waals surface area contributed by atoms with Gasteiger partial charge in [0.1, 0.15) is 0 Å². The van der Waals surface area contributed by atoms with Crippen LogP contribution in [0.25, 0.3) is 0 Å². The maximum atomic E-state index is 9.44. The van der Waals surface area contributed by atoms with Crippen molar-refractivity contribution < 1.29 is 5.11 Å². The molecule has 17 heavy (non-hydrogen) atoms. The zero-order valence-electron chi connectivity index (χ0n) is 11.4. The van der Waals surface area contributed by atoms with Gasteiger partial charge in [-0.3, -0.25) is 4.90 Å². The molecule has 1 aliphatic heterocycles. The number of aliphatic hydroxyl groups is 1. The van der Waals surface area contributed by atoms with Crippen molar-refractivity contribution in [2.75, 3.05) is 19.7 Å². The smallest absolute Gasteiger partial charge is 0.0683 e. The standard InChI is InChI=1S/C14H26N2O/c1-12-6-4-8-16(13(12)10-17)9-5-7-14(2,3)11-15/h12-13,17H,4-10H2,1-3H3. The van der Waals surface area contributed by atoms with Crippen LogP contribution >= 0.6 is 0 Å². The third-order valence-corrected chi connectivity index (χ3v) is 3.97. The molecule has 3 nitrogen and oxygen atoms in total. The number of piperidine rings is 1. The van der Waals surface area contributed by atoms with Gasteiger partial charge in [0.05, 0.1) is 18.1 Å². The molecule has 2 unspecified atom stereocenters. The zero-order chi connectivity index (χ0) is 12.9. The molecule has 1 saturated heterocycles. The summed E-state index contributed by atoms with van der Waals surface area (Å²) in [5.74, 6) is 0.595. The van der Waals surface area contributed by atoms with E-state index in [0.29, 0.717) is 12.0 Å². The van der Waals surface area contributed by atoms with E-state index in [2.05, 4.69) is 17.9 Å². The third kappa shape index (κ3) is 4.29. The van der Waals surface area contributed by atoms with Crippen LogP contribution in [-0.4, -0.2) is 35.7 Å². The van der Waals surface area contributed by atoms with Crippen LogP contribution < -0.4 is 0 Å². The van der Waals surface area contributed by atoms with Gasteiger partial charge in [-0.1, -0.05) is 6.92 Å². The fourth-order valence-electron chi connectivity index (χ4n) is 2.69. The topological polar surface area (TPSA) is 47.3 Å². The Bertz CT molecular complexity index is 270. The van der Waals surface area contributed by atoms with Crippen molar-refractivity contribution in [1.29, 1.82) is 5.26 Å². The van der Waals surface area contributed by atoms with Gasteiger partial charge in [-0.15, -0.1) is 0 Å². The molecule has 0 saturated carbocycles. The third-order valence-electron chi connectivity index (χ3n) is 3.97. The average molecular weight is 238 g/mol. The lowest BCUT2D eigenvalue weighted by atomic mass is 9.88. The van der Waals surface area contributed by atoms with Crippen molar-refractivity contribution in [2.24, 2.45) is 11.3 Å². The maximum absolute atomic E-state index is 9.44. The second kappa shape index (κ2) is 6.37. The van der Waals surface area contributed by atoms with E-state index in [1.807, 2.05) is 13.8 Å². The minimum Gasteiger partial charge on any atom is -0.395 e. The number of nitriles is 1. The van der Waals surface area contributed by atoms with Gasteiger partial charge in [-0.2, -0.15) is 5.26 Å². The van der Waals surface area contributed by atoms with Gasteiger partial charge >= 0.3 is 0 Å². The fourth-order valence-corrected chi connectivity index (χ4v) is 2.69. The molecule has 1 fully saturated rings. The van der Waals surface area contributed by atoms with Crippen LogP contribution in [0.15, 0.2) is 0 Å². The first-order chi connectivity index (χ1) is 8.00. The van der Waals surface area contributed by atoms with Crippen molar-refractivity contribution in [3.05, 3.63) is 0 Å². The molecule has 2 atom stereocenters. The molecule has 3 heteroatoms. The summed E-state index contributed by atoms with van der Waals surface area (Å²) in [5, 5.41) is 18.4. The number of hydrogen-bond donors (Lipinski definition) is 1.